The quantitative estimate of drug-likeness (QED) is 0.376. The predicted molar refractivity (Wildman–Crippen MR) is 111 cm³/mol. The molecule has 1 aromatic carbocycles. The summed E-state index contributed by atoms with van der Waals surface area (Å²) in [7, 11) is 5.62. The molecule has 0 bridgehead atoms. The van der Waals surface area contributed by atoms with Crippen LogP contribution in [0.5, 0.6) is 5.75 Å². The second-order valence-electron chi connectivity index (χ2n) is 5.57. The maximum atomic E-state index is 12.1. The van der Waals surface area contributed by atoms with E-state index >= 15 is 0 Å². The van der Waals surface area contributed by atoms with Crippen LogP contribution in [0, 0.1) is 0 Å². The van der Waals surface area contributed by atoms with Crippen molar-refractivity contribution in [2.24, 2.45) is 10.7 Å². The lowest BCUT2D eigenvalue weighted by Gasteiger charge is -2.11. The van der Waals surface area contributed by atoms with E-state index < -0.39 is 5.91 Å². The van der Waals surface area contributed by atoms with Crippen LogP contribution in [0.15, 0.2) is 23.2 Å². The third-order valence-electron chi connectivity index (χ3n) is 3.42. The number of amides is 1. The first-order valence-corrected chi connectivity index (χ1v) is 7.95. The van der Waals surface area contributed by atoms with Gasteiger partial charge in [0.2, 0.25) is 0 Å². The molecule has 0 spiro atoms. The summed E-state index contributed by atoms with van der Waals surface area (Å²) in [6, 6.07) is 5.19. The van der Waals surface area contributed by atoms with Crippen molar-refractivity contribution in [3.05, 3.63) is 28.9 Å². The Balaban J connectivity index is 0.00000312. The van der Waals surface area contributed by atoms with Crippen LogP contribution in [0.2, 0.25) is 5.02 Å². The Labute approximate surface area is 170 Å². The summed E-state index contributed by atoms with van der Waals surface area (Å²) in [4.78, 5) is 21.0. The number of nitrogens with one attached hydrogen (secondary N) is 2. The van der Waals surface area contributed by atoms with Gasteiger partial charge in [0.05, 0.1) is 17.1 Å². The number of fused-ring (bicyclic) bond motifs is 1. The van der Waals surface area contributed by atoms with Crippen molar-refractivity contribution in [2.45, 2.75) is 6.42 Å². The molecule has 1 aromatic heterocycles. The number of benzene rings is 1. The topological polar surface area (TPSA) is 95.7 Å². The summed E-state index contributed by atoms with van der Waals surface area (Å²) in [5.74, 6) is 0.218. The van der Waals surface area contributed by atoms with E-state index in [2.05, 4.69) is 20.2 Å². The lowest BCUT2D eigenvalue weighted by molar-refractivity contribution is 0.0998. The highest BCUT2D eigenvalue weighted by Gasteiger charge is 2.14. The maximum absolute atomic E-state index is 12.1. The van der Waals surface area contributed by atoms with E-state index in [1.54, 1.807) is 25.2 Å². The molecular formula is C16H24Cl3N5O2. The number of H-pyrrole nitrogens is 1. The molecule has 10 heteroatoms. The van der Waals surface area contributed by atoms with E-state index in [1.165, 1.54) is 0 Å². The zero-order chi connectivity index (χ0) is 17.7. The second kappa shape index (κ2) is 11.1. The van der Waals surface area contributed by atoms with Crippen molar-refractivity contribution in [3.63, 3.8) is 0 Å². The van der Waals surface area contributed by atoms with Crippen molar-refractivity contribution in [2.75, 3.05) is 34.3 Å². The summed E-state index contributed by atoms with van der Waals surface area (Å²) < 4.78 is 5.82. The van der Waals surface area contributed by atoms with Crippen LogP contribution in [-0.4, -0.2) is 56.0 Å². The Morgan fingerprint density at radius 2 is 2.08 bits per heavy atom. The third kappa shape index (κ3) is 6.25. The summed E-state index contributed by atoms with van der Waals surface area (Å²) in [6.45, 7) is 1.51. The number of aromatic amines is 1. The van der Waals surface area contributed by atoms with Crippen LogP contribution in [0.4, 0.5) is 0 Å². The van der Waals surface area contributed by atoms with Gasteiger partial charge < -0.3 is 25.7 Å². The van der Waals surface area contributed by atoms with Crippen LogP contribution in [0.1, 0.15) is 16.9 Å². The van der Waals surface area contributed by atoms with Crippen molar-refractivity contribution < 1.29 is 9.53 Å². The molecule has 0 aliphatic heterocycles. The van der Waals surface area contributed by atoms with Gasteiger partial charge in [-0.2, -0.15) is 4.99 Å². The molecule has 0 saturated heterocycles. The van der Waals surface area contributed by atoms with E-state index in [1.807, 2.05) is 14.1 Å². The first-order chi connectivity index (χ1) is 11.4. The molecule has 0 aliphatic rings. The average Bonchev–Trinajstić information content (AvgIpc) is 2.99. The Bertz CT molecular complexity index is 762. The van der Waals surface area contributed by atoms with Crippen molar-refractivity contribution in [1.29, 1.82) is 0 Å². The molecule has 7 nitrogen and oxygen atoms in total. The lowest BCUT2D eigenvalue weighted by atomic mass is 10.2. The normalized spacial score (nSPS) is 11.0. The number of rotatable bonds is 6. The van der Waals surface area contributed by atoms with E-state index in [0.717, 1.165) is 13.0 Å². The second-order valence-corrected chi connectivity index (χ2v) is 5.98. The largest absolute Gasteiger partial charge is 0.491 e. The van der Waals surface area contributed by atoms with Gasteiger partial charge in [-0.25, -0.2) is 0 Å². The number of nitrogens with two attached hydrogens (primary N) is 1. The number of halogens is 3. The van der Waals surface area contributed by atoms with Crippen molar-refractivity contribution in [1.82, 2.24) is 15.2 Å². The van der Waals surface area contributed by atoms with E-state index in [-0.39, 0.29) is 30.8 Å². The molecule has 4 N–H and O–H groups in total. The molecule has 0 fully saturated rings. The van der Waals surface area contributed by atoms with Crippen LogP contribution in [0.25, 0.3) is 10.9 Å². The highest BCUT2D eigenvalue weighted by molar-refractivity contribution is 6.35. The lowest BCUT2D eigenvalue weighted by Crippen LogP contribution is -2.28. The highest BCUT2D eigenvalue weighted by Crippen LogP contribution is 2.32. The van der Waals surface area contributed by atoms with E-state index in [0.29, 0.717) is 34.0 Å². The number of ether oxygens (including phenoxy) is 1. The van der Waals surface area contributed by atoms with Gasteiger partial charge in [0, 0.05) is 19.0 Å². The molecule has 26 heavy (non-hydrogen) atoms. The smallest absolute Gasteiger partial charge is 0.296 e. The summed E-state index contributed by atoms with van der Waals surface area (Å²) in [6.07, 6.45) is 0.895. The standard InChI is InChI=1S/C16H22ClN5O2.2ClH/c1-19-16(18)21-15(23)12-9-10-11(17)5-6-13(14(10)20-12)24-8-4-7-22(2)3;;/h5-6,9,20H,4,7-8H2,1-3H3,(H3,18,19,21,23);2*1H. The molecule has 1 amide bonds. The minimum atomic E-state index is -0.479. The average molecular weight is 425 g/mol. The van der Waals surface area contributed by atoms with Gasteiger partial charge in [0.15, 0.2) is 5.96 Å². The van der Waals surface area contributed by atoms with Gasteiger partial charge in [-0.15, -0.1) is 24.8 Å². The van der Waals surface area contributed by atoms with Gasteiger partial charge in [-0.3, -0.25) is 4.79 Å². The fourth-order valence-corrected chi connectivity index (χ4v) is 2.40. The highest BCUT2D eigenvalue weighted by atomic mass is 35.5. The molecule has 0 unspecified atom stereocenters. The molecule has 0 saturated carbocycles. The van der Waals surface area contributed by atoms with Crippen molar-refractivity contribution in [3.8, 4) is 5.75 Å². The fourth-order valence-electron chi connectivity index (χ4n) is 2.18. The van der Waals surface area contributed by atoms with Gasteiger partial charge >= 0.3 is 0 Å². The third-order valence-corrected chi connectivity index (χ3v) is 3.75. The van der Waals surface area contributed by atoms with Crippen LogP contribution in [0.3, 0.4) is 0 Å². The minimum absolute atomic E-state index is 0. The number of aliphatic imine (C=N–C) groups is 1. The predicted octanol–water partition coefficient (Wildman–Crippen LogP) is 2.67. The van der Waals surface area contributed by atoms with Gasteiger partial charge in [-0.1, -0.05) is 11.6 Å². The molecule has 1 heterocycles. The fraction of sp³-hybridized carbons (Fsp3) is 0.375. The number of aromatic nitrogens is 1. The molecule has 146 valence electrons. The Morgan fingerprint density at radius 1 is 1.38 bits per heavy atom. The number of carbonyl (C=O) groups excluding carboxylic acids is 1. The van der Waals surface area contributed by atoms with Gasteiger partial charge in [0.1, 0.15) is 11.4 Å². The molecule has 2 rings (SSSR count). The number of guanidine groups is 1. The Hall–Kier alpha value is -1.67. The summed E-state index contributed by atoms with van der Waals surface area (Å²) in [5, 5.41) is 3.85. The zero-order valence-corrected chi connectivity index (χ0v) is 17.2. The molecule has 0 atom stereocenters. The first-order valence-electron chi connectivity index (χ1n) is 7.57. The molecule has 0 aliphatic carbocycles. The first kappa shape index (κ1) is 24.3. The van der Waals surface area contributed by atoms with Gasteiger partial charge in [-0.05, 0) is 38.7 Å². The number of carbonyl (C=O) groups is 1. The SMILES string of the molecule is CNC(N)=NC(=O)c1cc2c(Cl)ccc(OCCCN(C)C)c2[nH]1.Cl.Cl. The van der Waals surface area contributed by atoms with E-state index in [4.69, 9.17) is 22.1 Å². The Kier molecular flexibility index (Phi) is 10.4. The molecule has 0 radical (unpaired) electrons. The number of nitrogens with zero attached hydrogens (tertiary/aromatic N) is 2. The monoisotopic (exact) mass is 423 g/mol. The minimum Gasteiger partial charge on any atom is -0.491 e. The summed E-state index contributed by atoms with van der Waals surface area (Å²) >= 11 is 6.22. The van der Waals surface area contributed by atoms with Crippen LogP contribution < -0.4 is 15.8 Å². The van der Waals surface area contributed by atoms with Crippen LogP contribution in [-0.2, 0) is 0 Å². The van der Waals surface area contributed by atoms with Crippen LogP contribution >= 0.6 is 36.4 Å². The maximum Gasteiger partial charge on any atom is 0.296 e. The number of hydrogen-bond acceptors (Lipinski definition) is 3. The molecular weight excluding hydrogens is 401 g/mol. The van der Waals surface area contributed by atoms with Crippen molar-refractivity contribution >= 4 is 59.2 Å². The van der Waals surface area contributed by atoms with Gasteiger partial charge in [0.25, 0.3) is 5.91 Å². The molecule has 2 aromatic rings. The number of hydrogen-bond donors (Lipinski definition) is 3. The summed E-state index contributed by atoms with van der Waals surface area (Å²) in [5.41, 5.74) is 6.50. The Morgan fingerprint density at radius 3 is 2.69 bits per heavy atom. The van der Waals surface area contributed by atoms with E-state index in [9.17, 15) is 4.79 Å². The zero-order valence-electron chi connectivity index (χ0n) is 14.8.